The third-order valence-electron chi connectivity index (χ3n) is 4.86. The molecule has 2 aliphatic rings. The van der Waals surface area contributed by atoms with Crippen molar-refractivity contribution in [1.29, 1.82) is 0 Å². The minimum atomic E-state index is 0.138. The average molecular weight is 389 g/mol. The van der Waals surface area contributed by atoms with Crippen LogP contribution >= 0.6 is 11.3 Å². The lowest BCUT2D eigenvalue weighted by Gasteiger charge is -2.22. The number of hydrogen-bond donors (Lipinski definition) is 1. The molecule has 7 heteroatoms. The first-order chi connectivity index (χ1) is 13.3. The number of carbonyl (C=O) groups is 1. The molecule has 0 radical (unpaired) electrons. The third-order valence-corrected chi connectivity index (χ3v) is 5.72. The normalized spacial score (nSPS) is 18.0. The van der Waals surface area contributed by atoms with Gasteiger partial charge in [-0.2, -0.15) is 0 Å². The number of rotatable bonds is 8. The van der Waals surface area contributed by atoms with Gasteiger partial charge in [0.25, 0.3) is 5.91 Å². The van der Waals surface area contributed by atoms with Crippen LogP contribution in [0.15, 0.2) is 35.7 Å². The second kappa shape index (κ2) is 8.73. The second-order valence-electron chi connectivity index (χ2n) is 6.88. The predicted octanol–water partition coefficient (Wildman–Crippen LogP) is 1.75. The Kier molecular flexibility index (Phi) is 5.91. The van der Waals surface area contributed by atoms with E-state index in [-0.39, 0.29) is 18.8 Å². The van der Waals surface area contributed by atoms with Crippen LogP contribution in [-0.4, -0.2) is 43.4 Å². The van der Waals surface area contributed by atoms with Gasteiger partial charge in [-0.25, -0.2) is 0 Å². The number of quaternary nitrogens is 1. The van der Waals surface area contributed by atoms with E-state index in [1.165, 1.54) is 4.88 Å². The minimum Gasteiger partial charge on any atom is -0.454 e. The summed E-state index contributed by atoms with van der Waals surface area (Å²) < 4.78 is 16.5. The van der Waals surface area contributed by atoms with Gasteiger partial charge in [-0.3, -0.25) is 4.79 Å². The highest BCUT2D eigenvalue weighted by Gasteiger charge is 2.21. The molecule has 2 N–H and O–H groups in total. The molecule has 1 atom stereocenters. The molecule has 2 aliphatic heterocycles. The second-order valence-corrected chi connectivity index (χ2v) is 7.91. The predicted molar refractivity (Wildman–Crippen MR) is 102 cm³/mol. The fraction of sp³-hybridized carbons (Fsp3) is 0.450. The van der Waals surface area contributed by atoms with E-state index < -0.39 is 0 Å². The maximum atomic E-state index is 12.9. The molecule has 6 nitrogen and oxygen atoms in total. The molecule has 3 heterocycles. The van der Waals surface area contributed by atoms with Crippen molar-refractivity contribution in [3.05, 3.63) is 46.2 Å². The van der Waals surface area contributed by atoms with E-state index in [9.17, 15) is 4.79 Å². The van der Waals surface area contributed by atoms with Crippen molar-refractivity contribution < 1.29 is 24.3 Å². The summed E-state index contributed by atoms with van der Waals surface area (Å²) >= 11 is 1.67. The van der Waals surface area contributed by atoms with Crippen molar-refractivity contribution in [2.75, 3.05) is 26.5 Å². The largest absolute Gasteiger partial charge is 0.454 e. The van der Waals surface area contributed by atoms with Crippen LogP contribution in [0.5, 0.6) is 11.5 Å². The van der Waals surface area contributed by atoms with Crippen molar-refractivity contribution in [1.82, 2.24) is 4.90 Å². The SMILES string of the molecule is O=C(C[NH2+]C[C@@H]1CCCO1)N(Cc1ccc2c(c1)OCO2)Cc1cccs1. The van der Waals surface area contributed by atoms with Gasteiger partial charge in [-0.05, 0) is 42.0 Å². The van der Waals surface area contributed by atoms with Crippen molar-refractivity contribution in [2.45, 2.75) is 32.0 Å². The van der Waals surface area contributed by atoms with Gasteiger partial charge in [0.2, 0.25) is 6.79 Å². The summed E-state index contributed by atoms with van der Waals surface area (Å²) in [7, 11) is 0. The number of ether oxygens (including phenoxy) is 3. The van der Waals surface area contributed by atoms with Gasteiger partial charge < -0.3 is 24.4 Å². The maximum absolute atomic E-state index is 12.9. The van der Waals surface area contributed by atoms with Gasteiger partial charge >= 0.3 is 0 Å². The Morgan fingerprint density at radius 1 is 1.22 bits per heavy atom. The molecule has 1 fully saturated rings. The van der Waals surface area contributed by atoms with Crippen LogP contribution in [0.4, 0.5) is 0 Å². The molecule has 0 aliphatic carbocycles. The van der Waals surface area contributed by atoms with Crippen LogP contribution < -0.4 is 14.8 Å². The van der Waals surface area contributed by atoms with E-state index in [1.807, 2.05) is 34.5 Å². The summed E-state index contributed by atoms with van der Waals surface area (Å²) in [5.41, 5.74) is 1.04. The molecule has 2 aromatic rings. The molecule has 0 saturated carbocycles. The van der Waals surface area contributed by atoms with Crippen LogP contribution in [0.2, 0.25) is 0 Å². The molecular weight excluding hydrogens is 364 g/mol. The van der Waals surface area contributed by atoms with Crippen molar-refractivity contribution in [3.8, 4) is 11.5 Å². The zero-order chi connectivity index (χ0) is 18.5. The van der Waals surface area contributed by atoms with E-state index in [4.69, 9.17) is 14.2 Å². The first kappa shape index (κ1) is 18.3. The molecule has 144 valence electrons. The Bertz CT molecular complexity index is 759. The molecule has 4 rings (SSSR count). The fourth-order valence-corrected chi connectivity index (χ4v) is 4.15. The quantitative estimate of drug-likeness (QED) is 0.747. The number of nitrogens with zero attached hydrogens (tertiary/aromatic N) is 1. The topological polar surface area (TPSA) is 64.6 Å². The molecule has 1 aromatic heterocycles. The van der Waals surface area contributed by atoms with Crippen LogP contribution in [0.25, 0.3) is 0 Å². The van der Waals surface area contributed by atoms with Gasteiger partial charge in [-0.1, -0.05) is 12.1 Å². The molecule has 27 heavy (non-hydrogen) atoms. The van der Waals surface area contributed by atoms with Gasteiger partial charge in [-0.15, -0.1) is 11.3 Å². The molecular formula is C20H25N2O4S+. The standard InChI is InChI=1S/C20H24N2O4S/c23-20(11-21-10-16-3-1-7-24-16)22(13-17-4-2-8-27-17)12-15-5-6-18-19(9-15)26-14-25-18/h2,4-6,8-9,16,21H,1,3,7,10-14H2/p+1/t16-/m0/s1. The monoisotopic (exact) mass is 389 g/mol. The number of amides is 1. The summed E-state index contributed by atoms with van der Waals surface area (Å²) in [5.74, 6) is 1.65. The van der Waals surface area contributed by atoms with Crippen LogP contribution in [0.1, 0.15) is 23.3 Å². The number of nitrogens with two attached hydrogens (primary N) is 1. The number of fused-ring (bicyclic) bond motifs is 1. The van der Waals surface area contributed by atoms with E-state index in [1.54, 1.807) is 11.3 Å². The first-order valence-electron chi connectivity index (χ1n) is 9.40. The molecule has 1 aromatic carbocycles. The molecule has 1 saturated heterocycles. The summed E-state index contributed by atoms with van der Waals surface area (Å²) in [6.45, 7) is 3.58. The number of benzene rings is 1. The highest BCUT2D eigenvalue weighted by molar-refractivity contribution is 7.09. The van der Waals surface area contributed by atoms with Crippen molar-refractivity contribution in [2.24, 2.45) is 0 Å². The van der Waals surface area contributed by atoms with Crippen molar-refractivity contribution >= 4 is 17.2 Å². The lowest BCUT2D eigenvalue weighted by atomic mass is 10.2. The van der Waals surface area contributed by atoms with Gasteiger partial charge in [0.05, 0.1) is 6.54 Å². The highest BCUT2D eigenvalue weighted by atomic mass is 32.1. The van der Waals surface area contributed by atoms with Gasteiger partial charge in [0.1, 0.15) is 12.6 Å². The number of hydrogen-bond acceptors (Lipinski definition) is 5. The highest BCUT2D eigenvalue weighted by Crippen LogP contribution is 2.33. The van der Waals surface area contributed by atoms with Crippen LogP contribution in [0.3, 0.4) is 0 Å². The smallest absolute Gasteiger partial charge is 0.278 e. The van der Waals surface area contributed by atoms with Gasteiger partial charge in [0.15, 0.2) is 18.0 Å². The zero-order valence-electron chi connectivity index (χ0n) is 15.3. The summed E-state index contributed by atoms with van der Waals surface area (Å²) in [6.07, 6.45) is 2.51. The Morgan fingerprint density at radius 3 is 2.96 bits per heavy atom. The molecule has 0 spiro atoms. The molecule has 0 unspecified atom stereocenters. The fourth-order valence-electron chi connectivity index (χ4n) is 3.43. The number of carbonyl (C=O) groups excluding carboxylic acids is 1. The first-order valence-corrected chi connectivity index (χ1v) is 10.3. The Labute approximate surface area is 163 Å². The number of thiophene rings is 1. The Balaban J connectivity index is 1.39. The van der Waals surface area contributed by atoms with E-state index >= 15 is 0 Å². The summed E-state index contributed by atoms with van der Waals surface area (Å²) in [5, 5.41) is 4.11. The lowest BCUT2D eigenvalue weighted by Crippen LogP contribution is -2.88. The van der Waals surface area contributed by atoms with E-state index in [0.29, 0.717) is 19.6 Å². The Hall–Kier alpha value is -2.09. The zero-order valence-corrected chi connectivity index (χ0v) is 16.1. The maximum Gasteiger partial charge on any atom is 0.278 e. The summed E-state index contributed by atoms with van der Waals surface area (Å²) in [6, 6.07) is 9.97. The third kappa shape index (κ3) is 4.80. The van der Waals surface area contributed by atoms with E-state index in [2.05, 4.69) is 11.4 Å². The van der Waals surface area contributed by atoms with Crippen molar-refractivity contribution in [3.63, 3.8) is 0 Å². The minimum absolute atomic E-state index is 0.138. The van der Waals surface area contributed by atoms with E-state index in [0.717, 1.165) is 43.1 Å². The molecule has 1 amide bonds. The lowest BCUT2D eigenvalue weighted by molar-refractivity contribution is -0.650. The Morgan fingerprint density at radius 2 is 2.15 bits per heavy atom. The summed E-state index contributed by atoms with van der Waals surface area (Å²) in [4.78, 5) is 16.0. The van der Waals surface area contributed by atoms with Gasteiger partial charge in [0, 0.05) is 18.0 Å². The van der Waals surface area contributed by atoms with Crippen LogP contribution in [-0.2, 0) is 22.6 Å². The molecule has 0 bridgehead atoms. The average Bonchev–Trinajstić information content (AvgIpc) is 3.43. The van der Waals surface area contributed by atoms with Crippen LogP contribution in [0, 0.1) is 0 Å².